The molecule has 2 N–H and O–H groups in total. The van der Waals surface area contributed by atoms with E-state index in [2.05, 4.69) is 4.74 Å². The van der Waals surface area contributed by atoms with E-state index in [9.17, 15) is 15.0 Å². The molecule has 0 aromatic rings. The quantitative estimate of drug-likeness (QED) is 0.523. The summed E-state index contributed by atoms with van der Waals surface area (Å²) in [4.78, 5) is 11.3. The summed E-state index contributed by atoms with van der Waals surface area (Å²) in [5.41, 5.74) is 0. The van der Waals surface area contributed by atoms with Crippen molar-refractivity contribution in [2.75, 3.05) is 19.1 Å². The number of aliphatic hydroxyl groups is 2. The van der Waals surface area contributed by atoms with Gasteiger partial charge in [-0.2, -0.15) is 23.5 Å². The van der Waals surface area contributed by atoms with Crippen molar-refractivity contribution in [2.24, 2.45) is 0 Å². The lowest BCUT2D eigenvalue weighted by molar-refractivity contribution is -0.210. The Balaban J connectivity index is 4.19. The van der Waals surface area contributed by atoms with Crippen LogP contribution in [0.5, 0.6) is 0 Å². The predicted molar refractivity (Wildman–Crippen MR) is 63.9 cm³/mol. The van der Waals surface area contributed by atoms with Crippen LogP contribution >= 0.6 is 23.5 Å². The van der Waals surface area contributed by atoms with Gasteiger partial charge in [-0.15, -0.1) is 0 Å². The van der Waals surface area contributed by atoms with Gasteiger partial charge >= 0.3 is 5.97 Å². The van der Waals surface area contributed by atoms with Crippen LogP contribution in [0.25, 0.3) is 0 Å². The lowest BCUT2D eigenvalue weighted by Gasteiger charge is -2.23. The van der Waals surface area contributed by atoms with Crippen molar-refractivity contribution in [1.29, 1.82) is 0 Å². The Hall–Kier alpha value is 0.0900. The SMILES string of the molecule is CCCOC(=O)C(O)(O)CC(SC)SC. The third-order valence-electron chi connectivity index (χ3n) is 1.74. The van der Waals surface area contributed by atoms with Gasteiger partial charge in [0, 0.05) is 6.42 Å². The Kier molecular flexibility index (Phi) is 7.42. The number of thioether (sulfide) groups is 2. The van der Waals surface area contributed by atoms with E-state index >= 15 is 0 Å². The number of carbonyl (C=O) groups is 1. The molecule has 0 fully saturated rings. The van der Waals surface area contributed by atoms with Gasteiger partial charge in [-0.1, -0.05) is 6.92 Å². The van der Waals surface area contributed by atoms with E-state index in [0.717, 1.165) is 0 Å². The minimum absolute atomic E-state index is 0.0299. The highest BCUT2D eigenvalue weighted by Gasteiger charge is 2.37. The molecule has 90 valence electrons. The molecule has 0 atom stereocenters. The fraction of sp³-hybridized carbons (Fsp3) is 0.889. The van der Waals surface area contributed by atoms with Crippen molar-refractivity contribution in [2.45, 2.75) is 30.1 Å². The van der Waals surface area contributed by atoms with Gasteiger partial charge in [0.15, 0.2) is 0 Å². The summed E-state index contributed by atoms with van der Waals surface area (Å²) in [5, 5.41) is 19.0. The van der Waals surface area contributed by atoms with Gasteiger partial charge in [0.25, 0.3) is 5.79 Å². The molecule has 0 heterocycles. The second-order valence-corrected chi connectivity index (χ2v) is 5.44. The summed E-state index contributed by atoms with van der Waals surface area (Å²) in [5.74, 6) is -3.33. The summed E-state index contributed by atoms with van der Waals surface area (Å²) in [6.07, 6.45) is 4.34. The minimum atomic E-state index is -2.37. The first-order valence-electron chi connectivity index (χ1n) is 4.65. The molecule has 0 aromatic heterocycles. The molecule has 4 nitrogen and oxygen atoms in total. The maximum absolute atomic E-state index is 11.3. The largest absolute Gasteiger partial charge is 0.462 e. The Bertz CT molecular complexity index is 193. The fourth-order valence-electron chi connectivity index (χ4n) is 0.889. The van der Waals surface area contributed by atoms with E-state index in [1.54, 1.807) is 0 Å². The minimum Gasteiger partial charge on any atom is -0.462 e. The van der Waals surface area contributed by atoms with E-state index in [-0.39, 0.29) is 17.6 Å². The fourth-order valence-corrected chi connectivity index (χ4v) is 2.46. The van der Waals surface area contributed by atoms with Crippen LogP contribution in [0.2, 0.25) is 0 Å². The first-order valence-corrected chi connectivity index (χ1v) is 7.23. The maximum Gasteiger partial charge on any atom is 0.366 e. The lowest BCUT2D eigenvalue weighted by atomic mass is 10.2. The number of carbonyl (C=O) groups excluding carboxylic acids is 1. The van der Waals surface area contributed by atoms with Crippen molar-refractivity contribution in [1.82, 2.24) is 0 Å². The number of hydrogen-bond donors (Lipinski definition) is 2. The van der Waals surface area contributed by atoms with E-state index in [1.165, 1.54) is 23.5 Å². The molecule has 0 radical (unpaired) electrons. The number of ether oxygens (including phenoxy) is 1. The molecule has 0 bridgehead atoms. The van der Waals surface area contributed by atoms with E-state index < -0.39 is 11.8 Å². The molecule has 0 aliphatic heterocycles. The molecule has 0 amide bonds. The van der Waals surface area contributed by atoms with Crippen LogP contribution in [-0.2, 0) is 9.53 Å². The van der Waals surface area contributed by atoms with Gasteiger partial charge in [-0.3, -0.25) is 0 Å². The van der Waals surface area contributed by atoms with Crippen molar-refractivity contribution in [3.63, 3.8) is 0 Å². The molecule has 0 rings (SSSR count). The highest BCUT2D eigenvalue weighted by Crippen LogP contribution is 2.27. The van der Waals surface area contributed by atoms with Gasteiger partial charge in [0.2, 0.25) is 0 Å². The normalized spacial score (nSPS) is 11.9. The van der Waals surface area contributed by atoms with E-state index in [4.69, 9.17) is 0 Å². The molecular weight excluding hydrogens is 236 g/mol. The zero-order valence-corrected chi connectivity index (χ0v) is 10.9. The Morgan fingerprint density at radius 3 is 2.33 bits per heavy atom. The maximum atomic E-state index is 11.3. The van der Waals surface area contributed by atoms with Gasteiger partial charge in [0.05, 0.1) is 11.2 Å². The van der Waals surface area contributed by atoms with Crippen molar-refractivity contribution >= 4 is 29.5 Å². The first kappa shape index (κ1) is 15.1. The summed E-state index contributed by atoms with van der Waals surface area (Å²) in [6, 6.07) is 0. The van der Waals surface area contributed by atoms with Crippen molar-refractivity contribution in [3.05, 3.63) is 0 Å². The monoisotopic (exact) mass is 254 g/mol. The van der Waals surface area contributed by atoms with Gasteiger partial charge in [0.1, 0.15) is 0 Å². The zero-order valence-electron chi connectivity index (χ0n) is 9.23. The van der Waals surface area contributed by atoms with E-state index in [1.807, 2.05) is 19.4 Å². The molecule has 6 heteroatoms. The Morgan fingerprint density at radius 2 is 1.93 bits per heavy atom. The molecule has 0 unspecified atom stereocenters. The van der Waals surface area contributed by atoms with E-state index in [0.29, 0.717) is 6.42 Å². The molecule has 0 aliphatic carbocycles. The highest BCUT2D eigenvalue weighted by atomic mass is 32.2. The van der Waals surface area contributed by atoms with Crippen LogP contribution in [-0.4, -0.2) is 45.7 Å². The van der Waals surface area contributed by atoms with Crippen molar-refractivity contribution in [3.8, 4) is 0 Å². The van der Waals surface area contributed by atoms with Crippen LogP contribution in [0, 0.1) is 0 Å². The summed E-state index contributed by atoms with van der Waals surface area (Å²) >= 11 is 2.95. The summed E-state index contributed by atoms with van der Waals surface area (Å²) < 4.78 is 4.66. The third kappa shape index (κ3) is 5.65. The number of rotatable bonds is 7. The lowest BCUT2D eigenvalue weighted by Crippen LogP contribution is -2.42. The molecule has 0 saturated carbocycles. The van der Waals surface area contributed by atoms with Gasteiger partial charge in [-0.05, 0) is 18.9 Å². The second kappa shape index (κ2) is 7.38. The van der Waals surface area contributed by atoms with Crippen LogP contribution in [0.3, 0.4) is 0 Å². The second-order valence-electron chi connectivity index (χ2n) is 3.06. The first-order chi connectivity index (χ1) is 6.97. The molecule has 0 saturated heterocycles. The summed E-state index contributed by atoms with van der Waals surface area (Å²) in [6.45, 7) is 2.06. The molecular formula is C9H18O4S2. The molecule has 0 aliphatic rings. The Labute approximate surface area is 98.8 Å². The van der Waals surface area contributed by atoms with Gasteiger partial charge in [-0.25, -0.2) is 4.79 Å². The topological polar surface area (TPSA) is 66.8 Å². The highest BCUT2D eigenvalue weighted by molar-refractivity contribution is 8.16. The predicted octanol–water partition coefficient (Wildman–Crippen LogP) is 1.06. The Morgan fingerprint density at radius 1 is 1.40 bits per heavy atom. The van der Waals surface area contributed by atoms with Gasteiger partial charge < -0.3 is 14.9 Å². The van der Waals surface area contributed by atoms with Crippen LogP contribution in [0.15, 0.2) is 0 Å². The third-order valence-corrected chi connectivity index (χ3v) is 4.28. The number of hydrogen-bond acceptors (Lipinski definition) is 6. The van der Waals surface area contributed by atoms with Crippen molar-refractivity contribution < 1.29 is 19.7 Å². The molecule has 15 heavy (non-hydrogen) atoms. The molecule has 0 spiro atoms. The van der Waals surface area contributed by atoms with Crippen LogP contribution in [0.4, 0.5) is 0 Å². The average Bonchev–Trinajstić information content (AvgIpc) is 2.22. The van der Waals surface area contributed by atoms with Crippen LogP contribution in [0.1, 0.15) is 19.8 Å². The standard InChI is InChI=1S/C9H18O4S2/c1-4-5-13-8(10)9(11,12)6-7(14-2)15-3/h7,11-12H,4-6H2,1-3H3. The van der Waals surface area contributed by atoms with Crippen LogP contribution < -0.4 is 0 Å². The molecule has 0 aromatic carbocycles. The summed E-state index contributed by atoms with van der Waals surface area (Å²) in [7, 11) is 0. The zero-order chi connectivity index (χ0) is 11.9. The average molecular weight is 254 g/mol. The number of esters is 1. The smallest absolute Gasteiger partial charge is 0.366 e.